The van der Waals surface area contributed by atoms with Gasteiger partial charge in [0.05, 0.1) is 25.2 Å². The molecular formula is C47H80O4. The fraction of sp³-hybridized carbons (Fsp3) is 0.745. The predicted octanol–water partition coefficient (Wildman–Crippen LogP) is 12.2. The largest absolute Gasteiger partial charge is 0.395 e. The normalized spacial score (nSPS) is 12.2. The molecule has 0 aliphatic heterocycles. The Morgan fingerprint density at radius 1 is 0.392 bits per heavy atom. The number of hydrogen-bond acceptors (Lipinski definition) is 4. The summed E-state index contributed by atoms with van der Waals surface area (Å²) in [5.74, 6) is 0. The molecule has 51 heavy (non-hydrogen) atoms. The van der Waals surface area contributed by atoms with Crippen molar-refractivity contribution in [2.24, 2.45) is 5.41 Å². The molecule has 0 heterocycles. The number of aryl methyl sites for hydroxylation is 2. The summed E-state index contributed by atoms with van der Waals surface area (Å²) in [7, 11) is 0. The number of unbranched alkanes of at least 4 members (excludes halogenated alkanes) is 24. The number of benzene rings is 2. The molecule has 2 rings (SSSR count). The van der Waals surface area contributed by atoms with Crippen molar-refractivity contribution >= 4 is 0 Å². The lowest BCUT2D eigenvalue weighted by Gasteiger charge is -2.45. The number of aliphatic hydroxyl groups is 4. The molecule has 0 aliphatic carbocycles. The summed E-state index contributed by atoms with van der Waals surface area (Å²) >= 11 is 0. The van der Waals surface area contributed by atoms with Gasteiger partial charge < -0.3 is 20.4 Å². The zero-order chi connectivity index (χ0) is 36.9. The molecule has 0 aliphatic rings. The van der Waals surface area contributed by atoms with E-state index in [-0.39, 0.29) is 0 Å². The van der Waals surface area contributed by atoms with Gasteiger partial charge in [-0.15, -0.1) is 0 Å². The molecule has 0 radical (unpaired) electrons. The summed E-state index contributed by atoms with van der Waals surface area (Å²) in [4.78, 5) is 0. The van der Waals surface area contributed by atoms with Crippen LogP contribution < -0.4 is 0 Å². The number of aliphatic hydroxyl groups excluding tert-OH is 3. The Labute approximate surface area is 314 Å². The molecule has 4 N–H and O–H groups in total. The smallest absolute Gasteiger partial charge is 0.127 e. The minimum Gasteiger partial charge on any atom is -0.395 e. The summed E-state index contributed by atoms with van der Waals surface area (Å²) in [5, 5.41) is 44.3. The van der Waals surface area contributed by atoms with Crippen LogP contribution in [0.3, 0.4) is 0 Å². The second-order valence-corrected chi connectivity index (χ2v) is 15.9. The Kier molecular flexibility index (Phi) is 25.6. The Hall–Kier alpha value is -1.72. The first-order valence-corrected chi connectivity index (χ1v) is 21.7. The summed E-state index contributed by atoms with van der Waals surface area (Å²) in [6, 6.07) is 15.9. The molecular weight excluding hydrogens is 629 g/mol. The number of hydrogen-bond donors (Lipinski definition) is 4. The molecule has 0 amide bonds. The maximum absolute atomic E-state index is 12.6. The van der Waals surface area contributed by atoms with Crippen LogP contribution >= 0.6 is 0 Å². The first-order valence-electron chi connectivity index (χ1n) is 21.7. The highest BCUT2D eigenvalue weighted by Gasteiger charge is 2.52. The Bertz CT molecular complexity index is 1010. The molecule has 0 bridgehead atoms. The maximum atomic E-state index is 12.6. The quantitative estimate of drug-likeness (QED) is 0.0546. The van der Waals surface area contributed by atoms with Gasteiger partial charge in [0.25, 0.3) is 0 Å². The lowest BCUT2D eigenvalue weighted by molar-refractivity contribution is -0.136. The maximum Gasteiger partial charge on any atom is 0.127 e. The van der Waals surface area contributed by atoms with Crippen LogP contribution in [0.15, 0.2) is 48.5 Å². The van der Waals surface area contributed by atoms with Gasteiger partial charge in [-0.05, 0) is 47.9 Å². The Morgan fingerprint density at radius 2 is 0.667 bits per heavy atom. The van der Waals surface area contributed by atoms with E-state index in [9.17, 15) is 20.4 Å². The monoisotopic (exact) mass is 709 g/mol. The summed E-state index contributed by atoms with van der Waals surface area (Å²) in [5.41, 5.74) is 0.230. The Morgan fingerprint density at radius 3 is 0.941 bits per heavy atom. The molecule has 0 atom stereocenters. The standard InChI is InChI=1S/C47H80O4/c1-3-5-7-9-11-13-15-17-19-21-23-25-27-31-42-33-29-35-44(37-42)47(51,46(39-48,40-49)41-50)45-36-30-34-43(38-45)32-28-26-24-22-20-18-16-14-12-10-8-6-4-2/h29-30,33-38,48-51H,3-28,31-32,39-41H2,1-2H3. The van der Waals surface area contributed by atoms with E-state index in [1.807, 2.05) is 36.4 Å². The van der Waals surface area contributed by atoms with E-state index in [1.165, 1.54) is 154 Å². The van der Waals surface area contributed by atoms with E-state index >= 15 is 0 Å². The lowest BCUT2D eigenvalue weighted by Crippen LogP contribution is -2.54. The zero-order valence-electron chi connectivity index (χ0n) is 33.3. The van der Waals surface area contributed by atoms with Crippen LogP contribution in [0.25, 0.3) is 0 Å². The van der Waals surface area contributed by atoms with Crippen molar-refractivity contribution in [3.05, 3.63) is 70.8 Å². The second kappa shape index (κ2) is 28.7. The molecule has 0 saturated heterocycles. The van der Waals surface area contributed by atoms with Gasteiger partial charge in [0.15, 0.2) is 0 Å². The van der Waals surface area contributed by atoms with Gasteiger partial charge >= 0.3 is 0 Å². The fourth-order valence-electron chi connectivity index (χ4n) is 7.87. The highest BCUT2D eigenvalue weighted by Crippen LogP contribution is 2.45. The fourth-order valence-corrected chi connectivity index (χ4v) is 7.87. The summed E-state index contributed by atoms with van der Waals surface area (Å²) < 4.78 is 0. The number of rotatable bonds is 34. The van der Waals surface area contributed by atoms with E-state index in [1.54, 1.807) is 0 Å². The van der Waals surface area contributed by atoms with Crippen LogP contribution in [-0.4, -0.2) is 40.2 Å². The van der Waals surface area contributed by atoms with E-state index in [4.69, 9.17) is 0 Å². The molecule has 0 unspecified atom stereocenters. The summed E-state index contributed by atoms with van der Waals surface area (Å²) in [6.07, 6.45) is 36.3. The molecule has 292 valence electrons. The first kappa shape index (κ1) is 45.4. The van der Waals surface area contributed by atoms with Crippen LogP contribution in [0.4, 0.5) is 0 Å². The molecule has 0 spiro atoms. The van der Waals surface area contributed by atoms with Crippen molar-refractivity contribution in [2.45, 2.75) is 199 Å². The first-order chi connectivity index (χ1) is 25.0. The van der Waals surface area contributed by atoms with Crippen LogP contribution in [0.1, 0.15) is 203 Å². The third-order valence-electron chi connectivity index (χ3n) is 11.5. The molecule has 0 aromatic heterocycles. The molecule has 0 saturated carbocycles. The van der Waals surface area contributed by atoms with Crippen LogP contribution in [-0.2, 0) is 18.4 Å². The lowest BCUT2D eigenvalue weighted by atomic mass is 9.65. The van der Waals surface area contributed by atoms with Crippen molar-refractivity contribution in [1.29, 1.82) is 0 Å². The third kappa shape index (κ3) is 16.9. The van der Waals surface area contributed by atoms with Gasteiger partial charge in [-0.25, -0.2) is 0 Å². The molecule has 4 heteroatoms. The highest BCUT2D eigenvalue weighted by atomic mass is 16.3. The van der Waals surface area contributed by atoms with Crippen molar-refractivity contribution in [2.75, 3.05) is 19.8 Å². The van der Waals surface area contributed by atoms with E-state index in [0.717, 1.165) is 36.8 Å². The van der Waals surface area contributed by atoms with Gasteiger partial charge in [-0.3, -0.25) is 0 Å². The molecule has 2 aromatic carbocycles. The van der Waals surface area contributed by atoms with Gasteiger partial charge in [0.2, 0.25) is 0 Å². The molecule has 0 fully saturated rings. The van der Waals surface area contributed by atoms with Crippen molar-refractivity contribution in [3.63, 3.8) is 0 Å². The van der Waals surface area contributed by atoms with Crippen molar-refractivity contribution < 1.29 is 20.4 Å². The zero-order valence-corrected chi connectivity index (χ0v) is 33.3. The van der Waals surface area contributed by atoms with Gasteiger partial charge in [0.1, 0.15) is 5.60 Å². The SMILES string of the molecule is CCCCCCCCCCCCCCCc1cccc(C(O)(c2cccc(CCCCCCCCCCCCCCC)c2)C(CO)(CO)CO)c1. The van der Waals surface area contributed by atoms with Crippen molar-refractivity contribution in [3.8, 4) is 0 Å². The topological polar surface area (TPSA) is 80.9 Å². The summed E-state index contributed by atoms with van der Waals surface area (Å²) in [6.45, 7) is 2.93. The average molecular weight is 709 g/mol. The van der Waals surface area contributed by atoms with Gasteiger partial charge in [0, 0.05) is 0 Å². The van der Waals surface area contributed by atoms with Crippen LogP contribution in [0, 0.1) is 5.41 Å². The van der Waals surface area contributed by atoms with Crippen LogP contribution in [0.2, 0.25) is 0 Å². The average Bonchev–Trinajstić information content (AvgIpc) is 3.16. The minimum atomic E-state index is -1.75. The van der Waals surface area contributed by atoms with Gasteiger partial charge in [-0.1, -0.05) is 216 Å². The van der Waals surface area contributed by atoms with E-state index in [0.29, 0.717) is 11.1 Å². The molecule has 2 aromatic rings. The van der Waals surface area contributed by atoms with Crippen LogP contribution in [0.5, 0.6) is 0 Å². The molecule has 4 nitrogen and oxygen atoms in total. The Balaban J connectivity index is 1.89. The van der Waals surface area contributed by atoms with Crippen molar-refractivity contribution in [1.82, 2.24) is 0 Å². The van der Waals surface area contributed by atoms with E-state index < -0.39 is 30.8 Å². The minimum absolute atomic E-state index is 0.539. The highest BCUT2D eigenvalue weighted by molar-refractivity contribution is 5.42. The third-order valence-corrected chi connectivity index (χ3v) is 11.5. The van der Waals surface area contributed by atoms with Gasteiger partial charge in [-0.2, -0.15) is 0 Å². The van der Waals surface area contributed by atoms with E-state index in [2.05, 4.69) is 26.0 Å². The predicted molar refractivity (Wildman–Crippen MR) is 218 cm³/mol. The second-order valence-electron chi connectivity index (χ2n) is 15.9.